The minimum atomic E-state index is -0.156. The molecule has 0 bridgehead atoms. The molecule has 0 N–H and O–H groups in total. The van der Waals surface area contributed by atoms with Gasteiger partial charge in [0.05, 0.1) is 12.7 Å². The third-order valence-electron chi connectivity index (χ3n) is 4.34. The van der Waals surface area contributed by atoms with Gasteiger partial charge in [0, 0.05) is 29.2 Å². The van der Waals surface area contributed by atoms with Crippen LogP contribution in [0.4, 0.5) is 0 Å². The Morgan fingerprint density at radius 3 is 2.77 bits per heavy atom. The number of carbonyl (C=O) groups excluding carboxylic acids is 1. The summed E-state index contributed by atoms with van der Waals surface area (Å²) in [5.41, 5.74) is 10.0. The first-order valence-corrected chi connectivity index (χ1v) is 8.38. The normalized spacial score (nSPS) is 11.7. The van der Waals surface area contributed by atoms with Gasteiger partial charge in [0.2, 0.25) is 0 Å². The molecule has 0 amide bonds. The number of furan rings is 1. The van der Waals surface area contributed by atoms with Crippen LogP contribution >= 0.6 is 0 Å². The van der Waals surface area contributed by atoms with Gasteiger partial charge in [-0.15, -0.1) is 0 Å². The minimum Gasteiger partial charge on any atom is -0.496 e. The molecule has 1 aromatic heterocycles. The lowest BCUT2D eigenvalue weighted by atomic mass is 9.96. The van der Waals surface area contributed by atoms with Gasteiger partial charge >= 0.3 is 0 Å². The number of nitrogens with zero attached hydrogens (tertiary/aromatic N) is 3. The topological polar surface area (TPSA) is 88.2 Å². The van der Waals surface area contributed by atoms with Gasteiger partial charge in [-0.1, -0.05) is 35.4 Å². The van der Waals surface area contributed by atoms with Crippen molar-refractivity contribution in [2.45, 2.75) is 18.8 Å². The fraction of sp³-hybridized carbons (Fsp3) is 0.250. The maximum atomic E-state index is 12.6. The van der Waals surface area contributed by atoms with Crippen molar-refractivity contribution in [3.05, 3.63) is 76.4 Å². The van der Waals surface area contributed by atoms with Crippen LogP contribution in [0.1, 0.15) is 34.9 Å². The van der Waals surface area contributed by atoms with Gasteiger partial charge < -0.3 is 9.15 Å². The maximum absolute atomic E-state index is 12.6. The molecule has 1 unspecified atom stereocenters. The average Bonchev–Trinajstić information content (AvgIpc) is 3.11. The first-order valence-electron chi connectivity index (χ1n) is 8.38. The van der Waals surface area contributed by atoms with Crippen LogP contribution in [0.5, 0.6) is 5.75 Å². The number of rotatable bonds is 8. The van der Waals surface area contributed by atoms with Gasteiger partial charge in [0.15, 0.2) is 5.78 Å². The van der Waals surface area contributed by atoms with Crippen LogP contribution in [0.15, 0.2) is 64.1 Å². The average molecular weight is 349 g/mol. The van der Waals surface area contributed by atoms with Gasteiger partial charge in [0.25, 0.3) is 0 Å². The third kappa shape index (κ3) is 3.87. The van der Waals surface area contributed by atoms with E-state index in [-0.39, 0.29) is 18.2 Å². The van der Waals surface area contributed by atoms with Crippen molar-refractivity contribution >= 4 is 16.8 Å². The largest absolute Gasteiger partial charge is 0.496 e. The van der Waals surface area contributed by atoms with Crippen molar-refractivity contribution in [3.63, 3.8) is 0 Å². The molecule has 132 valence electrons. The number of benzene rings is 2. The van der Waals surface area contributed by atoms with Gasteiger partial charge in [-0.2, -0.15) is 0 Å². The van der Waals surface area contributed by atoms with Crippen molar-refractivity contribution in [3.8, 4) is 5.75 Å². The zero-order valence-electron chi connectivity index (χ0n) is 14.5. The van der Waals surface area contributed by atoms with Crippen molar-refractivity contribution in [2.24, 2.45) is 5.11 Å². The summed E-state index contributed by atoms with van der Waals surface area (Å²) in [6.07, 6.45) is 0.832. The monoisotopic (exact) mass is 349 g/mol. The molecule has 0 aliphatic carbocycles. The van der Waals surface area contributed by atoms with Gasteiger partial charge in [-0.25, -0.2) is 0 Å². The summed E-state index contributed by atoms with van der Waals surface area (Å²) in [5.74, 6) is 1.13. The second-order valence-electron chi connectivity index (χ2n) is 5.96. The molecule has 0 aliphatic rings. The quantitative estimate of drug-likeness (QED) is 0.233. The molecule has 0 aliphatic heterocycles. The minimum absolute atomic E-state index is 0.00972. The fourth-order valence-corrected chi connectivity index (χ4v) is 2.98. The Hall–Kier alpha value is -3.24. The van der Waals surface area contributed by atoms with E-state index in [2.05, 4.69) is 10.0 Å². The Balaban J connectivity index is 1.78. The van der Waals surface area contributed by atoms with E-state index < -0.39 is 0 Å². The van der Waals surface area contributed by atoms with E-state index in [1.54, 1.807) is 19.2 Å². The molecule has 1 heterocycles. The number of methoxy groups -OCH3 is 1. The standard InChI is InChI=1S/C20H19N3O3/c1-25-19-9-5-3-7-16(19)17(24)11-10-15(13-22-23-21)20-12-14-6-2-4-8-18(14)26-20/h2-9,12,15H,10-11,13H2,1H3. The highest BCUT2D eigenvalue weighted by atomic mass is 16.5. The van der Waals surface area contributed by atoms with E-state index in [0.717, 1.165) is 16.7 Å². The molecule has 0 radical (unpaired) electrons. The molecule has 1 atom stereocenters. The number of azide groups is 1. The molecular weight excluding hydrogens is 330 g/mol. The third-order valence-corrected chi connectivity index (χ3v) is 4.34. The number of carbonyl (C=O) groups is 1. The van der Waals surface area contributed by atoms with E-state index >= 15 is 0 Å². The number of ketones is 1. The Morgan fingerprint density at radius 2 is 2.00 bits per heavy atom. The Bertz CT molecular complexity index is 925. The highest BCUT2D eigenvalue weighted by Gasteiger charge is 2.19. The van der Waals surface area contributed by atoms with Gasteiger partial charge in [0.1, 0.15) is 17.1 Å². The lowest BCUT2D eigenvalue weighted by Gasteiger charge is -2.12. The molecule has 26 heavy (non-hydrogen) atoms. The number of Topliss-reactive ketones (excluding diaryl/α,β-unsaturated/α-hetero) is 1. The molecule has 3 aromatic rings. The van der Waals surface area contributed by atoms with Crippen LogP contribution in [-0.2, 0) is 0 Å². The lowest BCUT2D eigenvalue weighted by Crippen LogP contribution is -2.07. The predicted molar refractivity (Wildman–Crippen MR) is 99.5 cm³/mol. The summed E-state index contributed by atoms with van der Waals surface area (Å²) < 4.78 is 11.1. The Morgan fingerprint density at radius 1 is 1.23 bits per heavy atom. The molecule has 6 nitrogen and oxygen atoms in total. The number of ether oxygens (including phenoxy) is 1. The van der Waals surface area contributed by atoms with Crippen LogP contribution in [-0.4, -0.2) is 19.4 Å². The van der Waals surface area contributed by atoms with E-state index in [4.69, 9.17) is 14.7 Å². The van der Waals surface area contributed by atoms with Crippen LogP contribution in [0.2, 0.25) is 0 Å². The fourth-order valence-electron chi connectivity index (χ4n) is 2.98. The second kappa shape index (κ2) is 8.23. The summed E-state index contributed by atoms with van der Waals surface area (Å²) in [6.45, 7) is 0.246. The van der Waals surface area contributed by atoms with Crippen LogP contribution in [0.3, 0.4) is 0 Å². The van der Waals surface area contributed by atoms with Gasteiger partial charge in [-0.3, -0.25) is 4.79 Å². The van der Waals surface area contributed by atoms with Crippen molar-refractivity contribution in [1.82, 2.24) is 0 Å². The van der Waals surface area contributed by atoms with Crippen molar-refractivity contribution in [1.29, 1.82) is 0 Å². The van der Waals surface area contributed by atoms with E-state index in [1.807, 2.05) is 42.5 Å². The van der Waals surface area contributed by atoms with E-state index in [9.17, 15) is 4.79 Å². The summed E-state index contributed by atoms with van der Waals surface area (Å²) in [4.78, 5) is 15.4. The van der Waals surface area contributed by atoms with Crippen LogP contribution in [0.25, 0.3) is 21.4 Å². The second-order valence-corrected chi connectivity index (χ2v) is 5.96. The smallest absolute Gasteiger partial charge is 0.166 e. The number of hydrogen-bond donors (Lipinski definition) is 0. The Labute approximate surface area is 151 Å². The number of fused-ring (bicyclic) bond motifs is 1. The number of hydrogen-bond acceptors (Lipinski definition) is 4. The highest BCUT2D eigenvalue weighted by molar-refractivity contribution is 5.98. The van der Waals surface area contributed by atoms with Crippen LogP contribution in [0, 0.1) is 0 Å². The number of para-hydroxylation sites is 2. The molecule has 3 rings (SSSR count). The maximum Gasteiger partial charge on any atom is 0.166 e. The first kappa shape index (κ1) is 17.6. The summed E-state index contributed by atoms with van der Waals surface area (Å²) in [5, 5.41) is 4.68. The van der Waals surface area contributed by atoms with Gasteiger partial charge in [-0.05, 0) is 36.2 Å². The lowest BCUT2D eigenvalue weighted by molar-refractivity contribution is 0.0974. The molecule has 0 saturated carbocycles. The SMILES string of the molecule is COc1ccccc1C(=O)CCC(CN=[N+]=[N-])c1cc2ccccc2o1. The van der Waals surface area contributed by atoms with Crippen LogP contribution < -0.4 is 4.74 Å². The molecule has 0 saturated heterocycles. The highest BCUT2D eigenvalue weighted by Crippen LogP contribution is 2.30. The summed E-state index contributed by atoms with van der Waals surface area (Å²) >= 11 is 0. The first-order chi connectivity index (χ1) is 12.7. The van der Waals surface area contributed by atoms with E-state index in [0.29, 0.717) is 24.2 Å². The summed E-state index contributed by atoms with van der Waals surface area (Å²) in [6, 6.07) is 16.8. The molecule has 6 heteroatoms. The predicted octanol–water partition coefficient (Wildman–Crippen LogP) is 5.50. The zero-order chi connectivity index (χ0) is 18.4. The molecule has 0 spiro atoms. The van der Waals surface area contributed by atoms with Crippen molar-refractivity contribution < 1.29 is 13.9 Å². The Kier molecular flexibility index (Phi) is 5.56. The van der Waals surface area contributed by atoms with E-state index in [1.165, 1.54) is 0 Å². The molecular formula is C20H19N3O3. The molecule has 0 fully saturated rings. The summed E-state index contributed by atoms with van der Waals surface area (Å²) in [7, 11) is 1.55. The zero-order valence-corrected chi connectivity index (χ0v) is 14.5. The van der Waals surface area contributed by atoms with Crippen molar-refractivity contribution in [2.75, 3.05) is 13.7 Å². The molecule has 2 aromatic carbocycles.